The van der Waals surface area contributed by atoms with Gasteiger partial charge in [-0.2, -0.15) is 0 Å². The predicted octanol–water partition coefficient (Wildman–Crippen LogP) is 2.63. The zero-order chi connectivity index (χ0) is 18.1. The van der Waals surface area contributed by atoms with Gasteiger partial charge in [-0.3, -0.25) is 4.90 Å². The topological polar surface area (TPSA) is 63.2 Å². The largest absolute Gasteiger partial charge is 0.298 e. The Morgan fingerprint density at radius 3 is 2.73 bits per heavy atom. The van der Waals surface area contributed by atoms with Gasteiger partial charge < -0.3 is 0 Å². The molecule has 1 aromatic carbocycles. The maximum absolute atomic E-state index is 11.5. The molecule has 1 aliphatic heterocycles. The van der Waals surface area contributed by atoms with Crippen LogP contribution in [0.1, 0.15) is 16.8 Å². The zero-order valence-electron chi connectivity index (χ0n) is 14.7. The highest BCUT2D eigenvalue weighted by Gasteiger charge is 2.18. The van der Waals surface area contributed by atoms with E-state index in [1.165, 1.54) is 11.8 Å². The summed E-state index contributed by atoms with van der Waals surface area (Å²) in [5.41, 5.74) is 4.42. The van der Waals surface area contributed by atoms with Gasteiger partial charge in [0.05, 0.1) is 4.90 Å². The van der Waals surface area contributed by atoms with Gasteiger partial charge in [0.2, 0.25) is 0 Å². The van der Waals surface area contributed by atoms with E-state index < -0.39 is 9.84 Å². The molecule has 0 spiro atoms. The second-order valence-electron chi connectivity index (χ2n) is 6.84. The Balaban J connectivity index is 1.43. The quantitative estimate of drug-likeness (QED) is 0.709. The lowest BCUT2D eigenvalue weighted by Crippen LogP contribution is -2.32. The van der Waals surface area contributed by atoms with Crippen molar-refractivity contribution in [2.75, 3.05) is 19.3 Å². The van der Waals surface area contributed by atoms with E-state index in [0.717, 1.165) is 54.8 Å². The van der Waals surface area contributed by atoms with Crippen LogP contribution in [0.3, 0.4) is 0 Å². The molecule has 0 atom stereocenters. The van der Waals surface area contributed by atoms with Crippen LogP contribution in [-0.2, 0) is 29.2 Å². The van der Waals surface area contributed by atoms with Crippen LogP contribution in [0, 0.1) is 0 Å². The maximum Gasteiger partial charge on any atom is 0.175 e. The Kier molecular flexibility index (Phi) is 4.46. The molecule has 0 saturated heterocycles. The van der Waals surface area contributed by atoms with Crippen LogP contribution in [0.25, 0.3) is 11.0 Å². The molecule has 0 fully saturated rings. The summed E-state index contributed by atoms with van der Waals surface area (Å²) in [5.74, 6) is 0. The van der Waals surface area contributed by atoms with Crippen molar-refractivity contribution in [3.63, 3.8) is 0 Å². The number of aromatic nitrogens is 2. The number of benzene rings is 1. The molecule has 3 heterocycles. The van der Waals surface area contributed by atoms with Crippen molar-refractivity contribution in [1.29, 1.82) is 0 Å². The molecule has 3 aromatic rings. The van der Waals surface area contributed by atoms with Gasteiger partial charge in [0.1, 0.15) is 0 Å². The molecule has 0 N–H and O–H groups in total. The van der Waals surface area contributed by atoms with Crippen molar-refractivity contribution in [1.82, 2.24) is 14.9 Å². The van der Waals surface area contributed by atoms with E-state index >= 15 is 0 Å². The average molecular weight is 367 g/mol. The van der Waals surface area contributed by atoms with Crippen LogP contribution in [0.15, 0.2) is 53.6 Å². The Hall–Kier alpha value is -2.31. The molecular weight excluding hydrogens is 346 g/mol. The third-order valence-electron chi connectivity index (χ3n) is 4.89. The standard InChI is InChI=1S/C20H21N3O2S/c1-26(24,25)18-6-4-15(5-7-18)8-11-23-12-9-19-17(14-23)13-16-3-2-10-21-20(16)22-19/h2-7,10,13H,8-9,11-12,14H2,1H3. The Labute approximate surface area is 153 Å². The van der Waals surface area contributed by atoms with Crippen LogP contribution in [-0.4, -0.2) is 42.6 Å². The summed E-state index contributed by atoms with van der Waals surface area (Å²) in [6, 6.07) is 13.4. The first-order chi connectivity index (χ1) is 12.5. The number of pyridine rings is 2. The Morgan fingerprint density at radius 2 is 1.96 bits per heavy atom. The minimum atomic E-state index is -3.13. The van der Waals surface area contributed by atoms with E-state index in [-0.39, 0.29) is 0 Å². The minimum absolute atomic E-state index is 0.375. The second-order valence-corrected chi connectivity index (χ2v) is 8.85. The van der Waals surface area contributed by atoms with Crippen LogP contribution in [0.4, 0.5) is 0 Å². The lowest BCUT2D eigenvalue weighted by molar-refractivity contribution is 0.255. The summed E-state index contributed by atoms with van der Waals surface area (Å²) in [5, 5.41) is 1.09. The van der Waals surface area contributed by atoms with E-state index in [4.69, 9.17) is 4.98 Å². The van der Waals surface area contributed by atoms with E-state index in [1.807, 2.05) is 18.2 Å². The molecule has 134 valence electrons. The Bertz CT molecular complexity index is 1050. The fourth-order valence-electron chi connectivity index (χ4n) is 3.40. The van der Waals surface area contributed by atoms with Crippen LogP contribution < -0.4 is 0 Å². The van der Waals surface area contributed by atoms with Crippen molar-refractivity contribution in [2.45, 2.75) is 24.3 Å². The van der Waals surface area contributed by atoms with Crippen molar-refractivity contribution >= 4 is 20.9 Å². The summed E-state index contributed by atoms with van der Waals surface area (Å²) < 4.78 is 23.1. The summed E-state index contributed by atoms with van der Waals surface area (Å²) in [4.78, 5) is 11.8. The van der Waals surface area contributed by atoms with Gasteiger partial charge in [-0.05, 0) is 47.9 Å². The second kappa shape index (κ2) is 6.78. The maximum atomic E-state index is 11.5. The van der Waals surface area contributed by atoms with E-state index in [1.54, 1.807) is 18.3 Å². The summed E-state index contributed by atoms with van der Waals surface area (Å²) in [6.07, 6.45) is 4.86. The molecule has 5 nitrogen and oxygen atoms in total. The fraction of sp³-hybridized carbons (Fsp3) is 0.300. The molecular formula is C20H21N3O2S. The predicted molar refractivity (Wildman–Crippen MR) is 102 cm³/mol. The molecule has 4 rings (SSSR count). The van der Waals surface area contributed by atoms with Gasteiger partial charge in [0.15, 0.2) is 15.5 Å². The highest BCUT2D eigenvalue weighted by Crippen LogP contribution is 2.21. The summed E-state index contributed by atoms with van der Waals surface area (Å²) >= 11 is 0. The average Bonchev–Trinajstić information content (AvgIpc) is 2.64. The molecule has 0 radical (unpaired) electrons. The lowest BCUT2D eigenvalue weighted by Gasteiger charge is -2.28. The normalized spacial score (nSPS) is 15.1. The molecule has 0 saturated carbocycles. The molecule has 2 aromatic heterocycles. The molecule has 0 unspecified atom stereocenters. The van der Waals surface area contributed by atoms with Gasteiger partial charge in [-0.1, -0.05) is 12.1 Å². The van der Waals surface area contributed by atoms with Gasteiger partial charge in [0, 0.05) is 49.6 Å². The number of nitrogens with zero attached hydrogens (tertiary/aromatic N) is 3. The van der Waals surface area contributed by atoms with Crippen molar-refractivity contribution < 1.29 is 8.42 Å². The van der Waals surface area contributed by atoms with E-state index in [9.17, 15) is 8.42 Å². The van der Waals surface area contributed by atoms with E-state index in [0.29, 0.717) is 4.90 Å². The van der Waals surface area contributed by atoms with Gasteiger partial charge in [-0.25, -0.2) is 18.4 Å². The molecule has 0 aliphatic carbocycles. The molecule has 0 amide bonds. The first kappa shape index (κ1) is 17.1. The van der Waals surface area contributed by atoms with Gasteiger partial charge in [0.25, 0.3) is 0 Å². The van der Waals surface area contributed by atoms with Crippen LogP contribution in [0.2, 0.25) is 0 Å². The minimum Gasteiger partial charge on any atom is -0.298 e. The number of fused-ring (bicyclic) bond motifs is 2. The smallest absolute Gasteiger partial charge is 0.175 e. The van der Waals surface area contributed by atoms with Crippen molar-refractivity contribution in [3.8, 4) is 0 Å². The molecule has 1 aliphatic rings. The summed E-state index contributed by atoms with van der Waals surface area (Å²) in [7, 11) is -3.13. The van der Waals surface area contributed by atoms with Crippen LogP contribution in [0.5, 0.6) is 0 Å². The van der Waals surface area contributed by atoms with E-state index in [2.05, 4.69) is 22.0 Å². The number of sulfone groups is 1. The SMILES string of the molecule is CS(=O)(=O)c1ccc(CCN2CCc3nc4ncccc4cc3C2)cc1. The molecule has 6 heteroatoms. The number of rotatable bonds is 4. The van der Waals surface area contributed by atoms with Crippen molar-refractivity contribution in [3.05, 3.63) is 65.5 Å². The fourth-order valence-corrected chi connectivity index (χ4v) is 4.04. The zero-order valence-corrected chi connectivity index (χ0v) is 15.5. The van der Waals surface area contributed by atoms with Crippen LogP contribution >= 0.6 is 0 Å². The first-order valence-electron chi connectivity index (χ1n) is 8.74. The number of hydrogen-bond donors (Lipinski definition) is 0. The monoisotopic (exact) mass is 367 g/mol. The third-order valence-corrected chi connectivity index (χ3v) is 6.01. The summed E-state index contributed by atoms with van der Waals surface area (Å²) in [6.45, 7) is 2.83. The van der Waals surface area contributed by atoms with Gasteiger partial charge in [-0.15, -0.1) is 0 Å². The first-order valence-corrected chi connectivity index (χ1v) is 10.6. The lowest BCUT2D eigenvalue weighted by atomic mass is 10.0. The van der Waals surface area contributed by atoms with Gasteiger partial charge >= 0.3 is 0 Å². The third kappa shape index (κ3) is 3.61. The molecule has 0 bridgehead atoms. The molecule has 26 heavy (non-hydrogen) atoms. The highest BCUT2D eigenvalue weighted by atomic mass is 32.2. The Morgan fingerprint density at radius 1 is 1.15 bits per heavy atom. The van der Waals surface area contributed by atoms with Crippen molar-refractivity contribution in [2.24, 2.45) is 0 Å². The number of hydrogen-bond acceptors (Lipinski definition) is 5. The highest BCUT2D eigenvalue weighted by molar-refractivity contribution is 7.90.